The number of aryl methyl sites for hydroxylation is 1. The van der Waals surface area contributed by atoms with Crippen molar-refractivity contribution in [2.45, 2.75) is 33.1 Å². The summed E-state index contributed by atoms with van der Waals surface area (Å²) in [5, 5.41) is 5.65. The van der Waals surface area contributed by atoms with Crippen molar-refractivity contribution in [2.75, 3.05) is 29.9 Å². The maximum Gasteiger partial charge on any atom is 0.262 e. The first-order valence-electron chi connectivity index (χ1n) is 10.7. The molecular weight excluding hydrogens is 394 g/mol. The summed E-state index contributed by atoms with van der Waals surface area (Å²) in [5.41, 5.74) is 2.65. The fourth-order valence-corrected chi connectivity index (χ4v) is 3.42. The van der Waals surface area contributed by atoms with E-state index >= 15 is 0 Å². The molecule has 1 atom stereocenters. The van der Waals surface area contributed by atoms with Gasteiger partial charge in [-0.2, -0.15) is 0 Å². The standard InChI is InChI=1S/C24H29N3O4/c1-3-13-25-24(30)18-14-23(29)27(15-18)20-9-11-21(12-10-20)31-16-22(28)26-19-7-5-17(4-2)6-8-19/h5-12,18H,3-4,13-16H2,1-2H3,(H,25,30)(H,26,28)/t18-/m0/s1. The highest BCUT2D eigenvalue weighted by Gasteiger charge is 2.34. The minimum Gasteiger partial charge on any atom is -0.484 e. The summed E-state index contributed by atoms with van der Waals surface area (Å²) in [4.78, 5) is 38.2. The van der Waals surface area contributed by atoms with E-state index < -0.39 is 0 Å². The molecule has 7 nitrogen and oxygen atoms in total. The second kappa shape index (κ2) is 10.6. The number of hydrogen-bond acceptors (Lipinski definition) is 4. The second-order valence-electron chi connectivity index (χ2n) is 7.58. The van der Waals surface area contributed by atoms with E-state index in [0.717, 1.165) is 18.5 Å². The van der Waals surface area contributed by atoms with Crippen molar-refractivity contribution in [3.8, 4) is 5.75 Å². The fourth-order valence-electron chi connectivity index (χ4n) is 3.42. The van der Waals surface area contributed by atoms with E-state index in [-0.39, 0.29) is 36.7 Å². The van der Waals surface area contributed by atoms with E-state index in [4.69, 9.17) is 4.74 Å². The normalized spacial score (nSPS) is 15.6. The van der Waals surface area contributed by atoms with Gasteiger partial charge in [0.1, 0.15) is 5.75 Å². The van der Waals surface area contributed by atoms with Crippen molar-refractivity contribution in [1.82, 2.24) is 5.32 Å². The number of anilines is 2. The number of ether oxygens (including phenoxy) is 1. The summed E-state index contributed by atoms with van der Waals surface area (Å²) in [6, 6.07) is 14.7. The van der Waals surface area contributed by atoms with Crippen LogP contribution in [-0.2, 0) is 20.8 Å². The molecule has 164 valence electrons. The van der Waals surface area contributed by atoms with Crippen molar-refractivity contribution in [3.05, 3.63) is 54.1 Å². The third-order valence-electron chi connectivity index (χ3n) is 5.21. The van der Waals surface area contributed by atoms with Crippen LogP contribution in [0.4, 0.5) is 11.4 Å². The lowest BCUT2D eigenvalue weighted by Gasteiger charge is -2.17. The molecule has 1 heterocycles. The molecule has 1 fully saturated rings. The molecule has 3 amide bonds. The fraction of sp³-hybridized carbons (Fsp3) is 0.375. The molecule has 2 N–H and O–H groups in total. The first-order valence-corrected chi connectivity index (χ1v) is 10.7. The summed E-state index contributed by atoms with van der Waals surface area (Å²) in [7, 11) is 0. The Bertz CT molecular complexity index is 909. The minimum absolute atomic E-state index is 0.0706. The zero-order chi connectivity index (χ0) is 22.2. The van der Waals surface area contributed by atoms with Gasteiger partial charge in [0.05, 0.1) is 5.92 Å². The van der Waals surface area contributed by atoms with E-state index in [1.807, 2.05) is 31.2 Å². The summed E-state index contributed by atoms with van der Waals surface area (Å²) < 4.78 is 5.55. The van der Waals surface area contributed by atoms with E-state index in [1.54, 1.807) is 29.2 Å². The average Bonchev–Trinajstić information content (AvgIpc) is 3.18. The summed E-state index contributed by atoms with van der Waals surface area (Å²) in [5.74, 6) is -0.190. The SMILES string of the molecule is CCCNC(=O)[C@H]1CC(=O)N(c2ccc(OCC(=O)Nc3ccc(CC)cc3)cc2)C1. The number of nitrogens with zero attached hydrogens (tertiary/aromatic N) is 1. The number of nitrogens with one attached hydrogen (secondary N) is 2. The molecule has 31 heavy (non-hydrogen) atoms. The highest BCUT2D eigenvalue weighted by atomic mass is 16.5. The second-order valence-corrected chi connectivity index (χ2v) is 7.58. The molecule has 0 saturated carbocycles. The Kier molecular flexibility index (Phi) is 7.65. The van der Waals surface area contributed by atoms with E-state index in [1.165, 1.54) is 5.56 Å². The number of amides is 3. The highest BCUT2D eigenvalue weighted by Crippen LogP contribution is 2.27. The van der Waals surface area contributed by atoms with Crippen LogP contribution < -0.4 is 20.3 Å². The Balaban J connectivity index is 1.50. The maximum atomic E-state index is 12.3. The van der Waals surface area contributed by atoms with Gasteiger partial charge in [0.25, 0.3) is 5.91 Å². The van der Waals surface area contributed by atoms with Gasteiger partial charge in [-0.1, -0.05) is 26.0 Å². The summed E-state index contributed by atoms with van der Waals surface area (Å²) in [6.07, 6.45) is 2.02. The van der Waals surface area contributed by atoms with Crippen LogP contribution in [0.25, 0.3) is 0 Å². The van der Waals surface area contributed by atoms with Gasteiger partial charge in [-0.25, -0.2) is 0 Å². The lowest BCUT2D eigenvalue weighted by molar-refractivity contribution is -0.126. The van der Waals surface area contributed by atoms with Gasteiger partial charge in [0.2, 0.25) is 11.8 Å². The van der Waals surface area contributed by atoms with Crippen LogP contribution in [0.2, 0.25) is 0 Å². The lowest BCUT2D eigenvalue weighted by atomic mass is 10.1. The van der Waals surface area contributed by atoms with E-state index in [0.29, 0.717) is 24.5 Å². The van der Waals surface area contributed by atoms with Crippen molar-refractivity contribution in [2.24, 2.45) is 5.92 Å². The van der Waals surface area contributed by atoms with Crippen LogP contribution >= 0.6 is 0 Å². The van der Waals surface area contributed by atoms with Crippen molar-refractivity contribution in [3.63, 3.8) is 0 Å². The quantitative estimate of drug-likeness (QED) is 0.649. The number of rotatable bonds is 9. The maximum absolute atomic E-state index is 12.3. The summed E-state index contributed by atoms with van der Waals surface area (Å²) in [6.45, 7) is 4.94. The Hall–Kier alpha value is -3.35. The number of hydrogen-bond donors (Lipinski definition) is 2. The monoisotopic (exact) mass is 423 g/mol. The van der Waals surface area contributed by atoms with Gasteiger partial charge >= 0.3 is 0 Å². The van der Waals surface area contributed by atoms with Gasteiger partial charge in [-0.05, 0) is 54.8 Å². The molecule has 7 heteroatoms. The van der Waals surface area contributed by atoms with Gasteiger partial charge in [0, 0.05) is 30.9 Å². The largest absolute Gasteiger partial charge is 0.484 e. The van der Waals surface area contributed by atoms with Gasteiger partial charge in [-0.3, -0.25) is 14.4 Å². The molecule has 0 aromatic heterocycles. The third-order valence-corrected chi connectivity index (χ3v) is 5.21. The zero-order valence-corrected chi connectivity index (χ0v) is 18.0. The molecule has 3 rings (SSSR count). The Morgan fingerprint density at radius 1 is 1.06 bits per heavy atom. The molecule has 2 aromatic rings. The summed E-state index contributed by atoms with van der Waals surface area (Å²) >= 11 is 0. The smallest absolute Gasteiger partial charge is 0.262 e. The molecule has 0 unspecified atom stereocenters. The molecule has 1 aliphatic rings. The predicted octanol–water partition coefficient (Wildman–Crippen LogP) is 3.15. The van der Waals surface area contributed by atoms with Gasteiger partial charge < -0.3 is 20.3 Å². The van der Waals surface area contributed by atoms with Crippen molar-refractivity contribution < 1.29 is 19.1 Å². The van der Waals surface area contributed by atoms with E-state index in [9.17, 15) is 14.4 Å². The third kappa shape index (κ3) is 6.07. The molecule has 0 aliphatic carbocycles. The molecule has 0 bridgehead atoms. The van der Waals surface area contributed by atoms with E-state index in [2.05, 4.69) is 17.6 Å². The molecule has 1 aliphatic heterocycles. The Morgan fingerprint density at radius 3 is 2.42 bits per heavy atom. The first kappa shape index (κ1) is 22.3. The molecule has 2 aromatic carbocycles. The molecule has 0 spiro atoms. The zero-order valence-electron chi connectivity index (χ0n) is 18.0. The predicted molar refractivity (Wildman–Crippen MR) is 120 cm³/mol. The van der Waals surface area contributed by atoms with Crippen LogP contribution in [0.15, 0.2) is 48.5 Å². The van der Waals surface area contributed by atoms with Crippen molar-refractivity contribution in [1.29, 1.82) is 0 Å². The molecule has 1 saturated heterocycles. The number of carbonyl (C=O) groups excluding carboxylic acids is 3. The highest BCUT2D eigenvalue weighted by molar-refractivity contribution is 6.00. The Labute approximate surface area is 182 Å². The number of carbonyl (C=O) groups is 3. The van der Waals surface area contributed by atoms with Crippen LogP contribution in [0.1, 0.15) is 32.3 Å². The lowest BCUT2D eigenvalue weighted by Crippen LogP contribution is -2.33. The van der Waals surface area contributed by atoms with Gasteiger partial charge in [0.15, 0.2) is 6.61 Å². The van der Waals surface area contributed by atoms with Crippen LogP contribution in [-0.4, -0.2) is 37.4 Å². The van der Waals surface area contributed by atoms with Gasteiger partial charge in [-0.15, -0.1) is 0 Å². The van der Waals surface area contributed by atoms with Crippen LogP contribution in [0.3, 0.4) is 0 Å². The topological polar surface area (TPSA) is 87.7 Å². The first-order chi connectivity index (χ1) is 15.0. The van der Waals surface area contributed by atoms with Crippen LogP contribution in [0, 0.1) is 5.92 Å². The Morgan fingerprint density at radius 2 is 1.77 bits per heavy atom. The van der Waals surface area contributed by atoms with Crippen molar-refractivity contribution >= 4 is 29.1 Å². The molecular formula is C24H29N3O4. The van der Waals surface area contributed by atoms with Crippen LogP contribution in [0.5, 0.6) is 5.75 Å². The minimum atomic E-state index is -0.329. The average molecular weight is 424 g/mol. The molecule has 0 radical (unpaired) electrons. The number of benzene rings is 2.